The Labute approximate surface area is 146 Å². The van der Waals surface area contributed by atoms with Crippen LogP contribution >= 0.6 is 0 Å². The van der Waals surface area contributed by atoms with E-state index in [1.165, 1.54) is 48.5 Å². The number of aromatic amines is 1. The van der Waals surface area contributed by atoms with E-state index in [1.54, 1.807) is 12.1 Å². The molecule has 4 aromatic rings. The van der Waals surface area contributed by atoms with Gasteiger partial charge in [-0.3, -0.25) is 9.59 Å². The van der Waals surface area contributed by atoms with Gasteiger partial charge in [-0.25, -0.2) is 8.78 Å². The fourth-order valence-electron chi connectivity index (χ4n) is 2.91. The molecule has 0 fully saturated rings. The molecule has 0 spiro atoms. The maximum atomic E-state index is 14.1. The number of H-pyrrole nitrogens is 1. The molecule has 4 rings (SSSR count). The molecule has 1 amide bonds. The first-order valence-corrected chi connectivity index (χ1v) is 7.85. The smallest absolute Gasteiger partial charge is 0.257 e. The number of carbonyl (C=O) groups is 1. The lowest BCUT2D eigenvalue weighted by Crippen LogP contribution is -2.15. The number of carbonyl (C=O) groups excluding carboxylic acids is 1. The van der Waals surface area contributed by atoms with Gasteiger partial charge in [0.2, 0.25) is 0 Å². The van der Waals surface area contributed by atoms with E-state index >= 15 is 0 Å². The molecule has 0 aliphatic rings. The minimum absolute atomic E-state index is 0.0482. The molecule has 0 saturated heterocycles. The summed E-state index contributed by atoms with van der Waals surface area (Å²) < 4.78 is 27.1. The minimum atomic E-state index is -0.574. The molecule has 0 atom stereocenters. The number of amides is 1. The van der Waals surface area contributed by atoms with Crippen LogP contribution in [0.2, 0.25) is 0 Å². The van der Waals surface area contributed by atoms with Crippen LogP contribution in [0.5, 0.6) is 0 Å². The van der Waals surface area contributed by atoms with E-state index in [-0.39, 0.29) is 32.8 Å². The van der Waals surface area contributed by atoms with Gasteiger partial charge in [-0.05, 0) is 48.5 Å². The predicted octanol–water partition coefficient (Wildman–Crippen LogP) is 4.21. The van der Waals surface area contributed by atoms with E-state index in [9.17, 15) is 18.4 Å². The maximum absolute atomic E-state index is 14.1. The molecule has 128 valence electrons. The van der Waals surface area contributed by atoms with Crippen molar-refractivity contribution in [2.45, 2.75) is 0 Å². The Morgan fingerprint density at radius 1 is 0.846 bits per heavy atom. The Bertz CT molecular complexity index is 1210. The standard InChI is InChI=1S/C20H12F2N2O2/c21-11-7-9-12(10-8-11)23-20(26)15-5-1-3-13-17(15)24-18-14(19(13)25)4-2-6-16(18)22/h1-10H,(H,23,26)(H,24,25). The zero-order chi connectivity index (χ0) is 18.3. The summed E-state index contributed by atoms with van der Waals surface area (Å²) in [4.78, 5) is 28.1. The van der Waals surface area contributed by atoms with Gasteiger partial charge in [0.15, 0.2) is 5.43 Å². The summed E-state index contributed by atoms with van der Waals surface area (Å²) in [6.07, 6.45) is 0. The van der Waals surface area contributed by atoms with Gasteiger partial charge in [-0.2, -0.15) is 0 Å². The van der Waals surface area contributed by atoms with Crippen molar-refractivity contribution in [1.29, 1.82) is 0 Å². The number of rotatable bonds is 2. The lowest BCUT2D eigenvalue weighted by molar-refractivity contribution is 0.102. The van der Waals surface area contributed by atoms with Gasteiger partial charge >= 0.3 is 0 Å². The second-order valence-electron chi connectivity index (χ2n) is 5.81. The number of benzene rings is 3. The second-order valence-corrected chi connectivity index (χ2v) is 5.81. The van der Waals surface area contributed by atoms with Gasteiger partial charge in [-0.15, -0.1) is 0 Å². The maximum Gasteiger partial charge on any atom is 0.257 e. The molecule has 1 aromatic heterocycles. The molecular weight excluding hydrogens is 338 g/mol. The predicted molar refractivity (Wildman–Crippen MR) is 96.4 cm³/mol. The van der Waals surface area contributed by atoms with Crippen LogP contribution < -0.4 is 10.7 Å². The Morgan fingerprint density at radius 3 is 2.23 bits per heavy atom. The highest BCUT2D eigenvalue weighted by atomic mass is 19.1. The number of halogens is 2. The second kappa shape index (κ2) is 6.07. The molecule has 0 aliphatic heterocycles. The summed E-state index contributed by atoms with van der Waals surface area (Å²) in [6.45, 7) is 0. The van der Waals surface area contributed by atoms with Crippen LogP contribution in [0.1, 0.15) is 10.4 Å². The van der Waals surface area contributed by atoms with Gasteiger partial charge in [0.05, 0.1) is 16.6 Å². The van der Waals surface area contributed by atoms with E-state index in [4.69, 9.17) is 0 Å². The van der Waals surface area contributed by atoms with Crippen LogP contribution in [0.3, 0.4) is 0 Å². The Hall–Kier alpha value is -3.54. The van der Waals surface area contributed by atoms with Gasteiger partial charge in [0.25, 0.3) is 5.91 Å². The first kappa shape index (κ1) is 16.0. The Balaban J connectivity index is 1.88. The van der Waals surface area contributed by atoms with Crippen molar-refractivity contribution >= 4 is 33.4 Å². The third-order valence-corrected chi connectivity index (χ3v) is 4.16. The van der Waals surface area contributed by atoms with Crippen molar-refractivity contribution in [2.24, 2.45) is 0 Å². The highest BCUT2D eigenvalue weighted by Crippen LogP contribution is 2.21. The molecular formula is C20H12F2N2O2. The van der Waals surface area contributed by atoms with Crippen molar-refractivity contribution in [2.75, 3.05) is 5.32 Å². The summed E-state index contributed by atoms with van der Waals surface area (Å²) in [7, 11) is 0. The van der Waals surface area contributed by atoms with E-state index < -0.39 is 17.5 Å². The number of hydrogen-bond donors (Lipinski definition) is 2. The number of hydrogen-bond acceptors (Lipinski definition) is 2. The molecule has 1 heterocycles. The zero-order valence-corrected chi connectivity index (χ0v) is 13.3. The molecule has 0 radical (unpaired) electrons. The molecule has 26 heavy (non-hydrogen) atoms. The highest BCUT2D eigenvalue weighted by molar-refractivity contribution is 6.13. The Morgan fingerprint density at radius 2 is 1.50 bits per heavy atom. The fourth-order valence-corrected chi connectivity index (χ4v) is 2.91. The van der Waals surface area contributed by atoms with E-state index in [1.807, 2.05) is 0 Å². The summed E-state index contributed by atoms with van der Waals surface area (Å²) in [5.41, 5.74) is 0.531. The number of nitrogens with one attached hydrogen (secondary N) is 2. The van der Waals surface area contributed by atoms with Crippen molar-refractivity contribution in [1.82, 2.24) is 4.98 Å². The fraction of sp³-hybridized carbons (Fsp3) is 0. The van der Waals surface area contributed by atoms with Gasteiger partial charge in [0, 0.05) is 16.5 Å². The summed E-state index contributed by atoms with van der Waals surface area (Å²) in [5, 5.41) is 3.14. The molecule has 0 bridgehead atoms. The number of pyridine rings is 1. The van der Waals surface area contributed by atoms with Gasteiger partial charge in [-0.1, -0.05) is 12.1 Å². The topological polar surface area (TPSA) is 62.0 Å². The minimum Gasteiger partial charge on any atom is -0.351 e. The monoisotopic (exact) mass is 350 g/mol. The molecule has 0 unspecified atom stereocenters. The molecule has 2 N–H and O–H groups in total. The van der Waals surface area contributed by atoms with Gasteiger partial charge < -0.3 is 10.3 Å². The molecule has 6 heteroatoms. The number of para-hydroxylation sites is 2. The molecule has 0 saturated carbocycles. The lowest BCUT2D eigenvalue weighted by Gasteiger charge is -2.09. The average Bonchev–Trinajstić information content (AvgIpc) is 2.64. The first-order chi connectivity index (χ1) is 12.5. The van der Waals surface area contributed by atoms with Crippen LogP contribution in [0, 0.1) is 11.6 Å². The zero-order valence-electron chi connectivity index (χ0n) is 13.3. The van der Waals surface area contributed by atoms with Gasteiger partial charge in [0.1, 0.15) is 11.6 Å². The van der Waals surface area contributed by atoms with E-state index in [2.05, 4.69) is 10.3 Å². The quantitative estimate of drug-likeness (QED) is 0.532. The molecule has 3 aromatic carbocycles. The van der Waals surface area contributed by atoms with Crippen molar-refractivity contribution in [3.8, 4) is 0 Å². The summed E-state index contributed by atoms with van der Waals surface area (Å²) in [5.74, 6) is -1.48. The summed E-state index contributed by atoms with van der Waals surface area (Å²) >= 11 is 0. The largest absolute Gasteiger partial charge is 0.351 e. The molecule has 0 aliphatic carbocycles. The average molecular weight is 350 g/mol. The highest BCUT2D eigenvalue weighted by Gasteiger charge is 2.15. The van der Waals surface area contributed by atoms with Crippen LogP contribution in [-0.4, -0.2) is 10.9 Å². The number of fused-ring (bicyclic) bond motifs is 2. The van der Waals surface area contributed by atoms with Crippen LogP contribution in [-0.2, 0) is 0 Å². The third kappa shape index (κ3) is 2.61. The van der Waals surface area contributed by atoms with Crippen LogP contribution in [0.15, 0.2) is 65.5 Å². The summed E-state index contributed by atoms with van der Waals surface area (Å²) in [6, 6.07) is 14.2. The van der Waals surface area contributed by atoms with E-state index in [0.717, 1.165) is 0 Å². The number of anilines is 1. The normalized spacial score (nSPS) is 11.0. The van der Waals surface area contributed by atoms with Crippen molar-refractivity contribution in [3.63, 3.8) is 0 Å². The van der Waals surface area contributed by atoms with Crippen molar-refractivity contribution < 1.29 is 13.6 Å². The third-order valence-electron chi connectivity index (χ3n) is 4.16. The molecule has 4 nitrogen and oxygen atoms in total. The SMILES string of the molecule is O=C(Nc1ccc(F)cc1)c1cccc2c(=O)c3cccc(F)c3[nH]c12. The van der Waals surface area contributed by atoms with Crippen LogP contribution in [0.25, 0.3) is 21.8 Å². The first-order valence-electron chi connectivity index (χ1n) is 7.85. The number of aromatic nitrogens is 1. The van der Waals surface area contributed by atoms with Crippen LogP contribution in [0.4, 0.5) is 14.5 Å². The van der Waals surface area contributed by atoms with Crippen molar-refractivity contribution in [3.05, 3.63) is 88.1 Å². The Kier molecular flexibility index (Phi) is 3.73. The lowest BCUT2D eigenvalue weighted by atomic mass is 10.1. The van der Waals surface area contributed by atoms with E-state index in [0.29, 0.717) is 5.69 Å².